The minimum atomic E-state index is -0.525. The normalized spacial score (nSPS) is 11.0. The van der Waals surface area contributed by atoms with Gasteiger partial charge in [0.05, 0.1) is 0 Å². The average Bonchev–Trinajstić information content (AvgIpc) is 2.48. The van der Waals surface area contributed by atoms with E-state index in [4.69, 9.17) is 4.74 Å². The lowest BCUT2D eigenvalue weighted by atomic mass is 9.78. The topological polar surface area (TPSA) is 43.4 Å². The van der Waals surface area contributed by atoms with Crippen molar-refractivity contribution >= 4 is 11.8 Å². The van der Waals surface area contributed by atoms with Gasteiger partial charge < -0.3 is 4.74 Å². The monoisotopic (exact) mass is 296 g/mol. The average molecular weight is 296 g/mol. The van der Waals surface area contributed by atoms with E-state index in [1.807, 2.05) is 30.3 Å². The molecule has 0 aromatic heterocycles. The summed E-state index contributed by atoms with van der Waals surface area (Å²) >= 11 is 0. The van der Waals surface area contributed by atoms with Crippen molar-refractivity contribution in [2.75, 3.05) is 0 Å². The summed E-state index contributed by atoms with van der Waals surface area (Å²) in [5.74, 6) is -0.270. The van der Waals surface area contributed by atoms with E-state index in [-0.39, 0.29) is 17.6 Å². The Morgan fingerprint density at radius 1 is 0.909 bits per heavy atom. The molecule has 3 heteroatoms. The van der Waals surface area contributed by atoms with Crippen LogP contribution in [0.1, 0.15) is 38.3 Å². The van der Waals surface area contributed by atoms with Crippen molar-refractivity contribution in [2.24, 2.45) is 0 Å². The molecule has 3 nitrogen and oxygen atoms in total. The molecule has 0 heterocycles. The fraction of sp³-hybridized carbons (Fsp3) is 0.263. The second-order valence-corrected chi connectivity index (χ2v) is 5.87. The first-order valence-corrected chi connectivity index (χ1v) is 7.26. The molecule has 0 amide bonds. The Balaban J connectivity index is 2.15. The summed E-state index contributed by atoms with van der Waals surface area (Å²) in [5, 5.41) is 0. The van der Waals surface area contributed by atoms with Gasteiger partial charge in [0.15, 0.2) is 0 Å². The quantitative estimate of drug-likeness (QED) is 0.477. The van der Waals surface area contributed by atoms with E-state index in [2.05, 4.69) is 26.0 Å². The largest absolute Gasteiger partial charge is 0.426 e. The first-order valence-electron chi connectivity index (χ1n) is 7.26. The Morgan fingerprint density at radius 2 is 1.45 bits per heavy atom. The number of hydrogen-bond acceptors (Lipinski definition) is 3. The maximum absolute atomic E-state index is 11.5. The zero-order chi connectivity index (χ0) is 16.2. The Hall–Kier alpha value is -2.42. The van der Waals surface area contributed by atoms with Crippen LogP contribution < -0.4 is 4.74 Å². The predicted molar refractivity (Wildman–Crippen MR) is 85.9 cm³/mol. The molecule has 0 unspecified atom stereocenters. The van der Waals surface area contributed by atoms with Gasteiger partial charge >= 0.3 is 5.97 Å². The highest BCUT2D eigenvalue weighted by molar-refractivity contribution is 5.94. The molecule has 2 aromatic carbocycles. The summed E-state index contributed by atoms with van der Waals surface area (Å²) in [6.45, 7) is 5.67. The zero-order valence-electron chi connectivity index (χ0n) is 13.1. The van der Waals surface area contributed by atoms with E-state index >= 15 is 0 Å². The van der Waals surface area contributed by atoms with Gasteiger partial charge in [0.2, 0.25) is 0 Å². The molecule has 2 rings (SSSR count). The molecule has 0 saturated carbocycles. The van der Waals surface area contributed by atoms with Crippen LogP contribution in [0.4, 0.5) is 0 Å². The second kappa shape index (κ2) is 6.56. The van der Waals surface area contributed by atoms with Crippen molar-refractivity contribution in [3.8, 4) is 5.75 Å². The lowest BCUT2D eigenvalue weighted by Gasteiger charge is -2.26. The van der Waals surface area contributed by atoms with E-state index in [1.54, 1.807) is 12.1 Å². The number of rotatable bonds is 5. The van der Waals surface area contributed by atoms with Gasteiger partial charge in [0.25, 0.3) is 0 Å². The Bertz CT molecular complexity index is 655. The van der Waals surface area contributed by atoms with Crippen LogP contribution in [0, 0.1) is 0 Å². The lowest BCUT2D eigenvalue weighted by Crippen LogP contribution is -2.18. The summed E-state index contributed by atoms with van der Waals surface area (Å²) in [4.78, 5) is 22.4. The first-order chi connectivity index (χ1) is 10.4. The molecule has 0 aliphatic rings. The smallest absolute Gasteiger partial charge is 0.318 e. The van der Waals surface area contributed by atoms with Gasteiger partial charge in [0.1, 0.15) is 18.0 Å². The third-order valence-corrected chi connectivity index (χ3v) is 3.70. The van der Waals surface area contributed by atoms with Crippen molar-refractivity contribution in [3.63, 3.8) is 0 Å². The molecular formula is C19H20O3. The van der Waals surface area contributed by atoms with Crippen LogP contribution in [0.5, 0.6) is 5.75 Å². The standard InChI is InChI=1S/C19H20O3/c1-14(20)13-18(21)22-17-11-9-16(10-12-17)19(2,3)15-7-5-4-6-8-15/h4-12H,13H2,1-3H3. The first kappa shape index (κ1) is 16.0. The van der Waals surface area contributed by atoms with Gasteiger partial charge in [-0.1, -0.05) is 56.3 Å². The molecule has 114 valence electrons. The molecular weight excluding hydrogens is 276 g/mol. The SMILES string of the molecule is CC(=O)CC(=O)Oc1ccc(C(C)(C)c2ccccc2)cc1. The molecule has 22 heavy (non-hydrogen) atoms. The summed E-state index contributed by atoms with van der Waals surface area (Å²) in [5.41, 5.74) is 2.21. The number of esters is 1. The minimum absolute atomic E-state index is 0.136. The van der Waals surface area contributed by atoms with Crippen molar-refractivity contribution in [1.29, 1.82) is 0 Å². The van der Waals surface area contributed by atoms with Crippen molar-refractivity contribution in [1.82, 2.24) is 0 Å². The number of ether oxygens (including phenoxy) is 1. The Morgan fingerprint density at radius 3 is 2.00 bits per heavy atom. The van der Waals surface area contributed by atoms with Crippen LogP contribution in [0.25, 0.3) is 0 Å². The maximum atomic E-state index is 11.5. The molecule has 0 radical (unpaired) electrons. The molecule has 0 spiro atoms. The maximum Gasteiger partial charge on any atom is 0.318 e. The fourth-order valence-corrected chi connectivity index (χ4v) is 2.33. The van der Waals surface area contributed by atoms with Crippen LogP contribution in [-0.2, 0) is 15.0 Å². The molecule has 2 aromatic rings. The minimum Gasteiger partial charge on any atom is -0.426 e. The molecule has 0 aliphatic heterocycles. The van der Waals surface area contributed by atoms with E-state index in [0.29, 0.717) is 5.75 Å². The molecule has 0 atom stereocenters. The fourth-order valence-electron chi connectivity index (χ4n) is 2.33. The lowest BCUT2D eigenvalue weighted by molar-refractivity contribution is -0.137. The molecule has 0 fully saturated rings. The second-order valence-electron chi connectivity index (χ2n) is 5.87. The van der Waals surface area contributed by atoms with Crippen LogP contribution >= 0.6 is 0 Å². The van der Waals surface area contributed by atoms with Crippen LogP contribution in [-0.4, -0.2) is 11.8 Å². The van der Waals surface area contributed by atoms with Gasteiger partial charge in [-0.25, -0.2) is 0 Å². The van der Waals surface area contributed by atoms with Gasteiger partial charge in [-0.05, 0) is 30.2 Å². The summed E-state index contributed by atoms with van der Waals surface area (Å²) < 4.78 is 5.14. The summed E-state index contributed by atoms with van der Waals surface area (Å²) in [6.07, 6.45) is -0.197. The third kappa shape index (κ3) is 3.82. The predicted octanol–water partition coefficient (Wildman–Crippen LogP) is 3.90. The highest BCUT2D eigenvalue weighted by Gasteiger charge is 2.22. The molecule has 0 bridgehead atoms. The Kier molecular flexibility index (Phi) is 4.76. The van der Waals surface area contributed by atoms with Gasteiger partial charge in [-0.15, -0.1) is 0 Å². The number of Topliss-reactive ketones (excluding diaryl/α,β-unsaturated/α-hetero) is 1. The summed E-state index contributed by atoms with van der Waals surface area (Å²) in [7, 11) is 0. The van der Waals surface area contributed by atoms with Gasteiger partial charge in [-0.2, -0.15) is 0 Å². The van der Waals surface area contributed by atoms with Crippen LogP contribution in [0.15, 0.2) is 54.6 Å². The molecule has 0 aliphatic carbocycles. The molecule has 0 N–H and O–H groups in total. The van der Waals surface area contributed by atoms with Crippen molar-refractivity contribution < 1.29 is 14.3 Å². The number of hydrogen-bond donors (Lipinski definition) is 0. The van der Waals surface area contributed by atoms with E-state index in [9.17, 15) is 9.59 Å². The van der Waals surface area contributed by atoms with E-state index in [1.165, 1.54) is 12.5 Å². The summed E-state index contributed by atoms with van der Waals surface area (Å²) in [6, 6.07) is 17.7. The number of ketones is 1. The highest BCUT2D eigenvalue weighted by Crippen LogP contribution is 2.32. The van der Waals surface area contributed by atoms with E-state index < -0.39 is 5.97 Å². The van der Waals surface area contributed by atoms with Crippen LogP contribution in [0.3, 0.4) is 0 Å². The van der Waals surface area contributed by atoms with Crippen molar-refractivity contribution in [2.45, 2.75) is 32.6 Å². The molecule has 0 saturated heterocycles. The number of carbonyl (C=O) groups excluding carboxylic acids is 2. The Labute approximate surface area is 130 Å². The highest BCUT2D eigenvalue weighted by atomic mass is 16.5. The third-order valence-electron chi connectivity index (χ3n) is 3.70. The van der Waals surface area contributed by atoms with Crippen LogP contribution in [0.2, 0.25) is 0 Å². The number of carbonyl (C=O) groups is 2. The van der Waals surface area contributed by atoms with Gasteiger partial charge in [0, 0.05) is 5.41 Å². The zero-order valence-corrected chi connectivity index (χ0v) is 13.1. The number of benzene rings is 2. The van der Waals surface area contributed by atoms with E-state index in [0.717, 1.165) is 5.56 Å². The van der Waals surface area contributed by atoms with Crippen molar-refractivity contribution in [3.05, 3.63) is 65.7 Å². The van der Waals surface area contributed by atoms with Gasteiger partial charge in [-0.3, -0.25) is 9.59 Å².